The lowest BCUT2D eigenvalue weighted by atomic mass is 9.35. The van der Waals surface area contributed by atoms with Gasteiger partial charge in [0.05, 0.1) is 35.7 Å². The Morgan fingerprint density at radius 1 is 1.00 bits per heavy atom. The molecular formula is C27H29F3N8. The fraction of sp³-hybridized carbons (Fsp3) is 0.481. The van der Waals surface area contributed by atoms with Crippen LogP contribution in [0.3, 0.4) is 0 Å². The molecule has 11 heteroatoms. The number of nitrogens with zero attached hydrogens (tertiary/aromatic N) is 7. The second-order valence-corrected chi connectivity index (χ2v) is 11.4. The number of rotatable bonds is 8. The molecule has 8 nitrogen and oxygen atoms in total. The maximum absolute atomic E-state index is 13.1. The summed E-state index contributed by atoms with van der Waals surface area (Å²) < 4.78 is 43.0. The van der Waals surface area contributed by atoms with E-state index < -0.39 is 11.6 Å². The van der Waals surface area contributed by atoms with E-state index in [0.29, 0.717) is 19.6 Å². The third kappa shape index (κ3) is 4.03. The van der Waals surface area contributed by atoms with Crippen LogP contribution in [0.25, 0.3) is 16.9 Å². The minimum absolute atomic E-state index is 0.163. The molecule has 8 rings (SSSR count). The number of fused-ring (bicyclic) bond motifs is 1. The van der Waals surface area contributed by atoms with Gasteiger partial charge >= 0.3 is 6.18 Å². The predicted octanol–water partition coefficient (Wildman–Crippen LogP) is 4.46. The Kier molecular flexibility index (Phi) is 5.30. The average Bonchev–Trinajstić information content (AvgIpc) is 3.60. The number of hydrogen-bond donors (Lipinski definition) is 1. The predicted molar refractivity (Wildman–Crippen MR) is 135 cm³/mol. The van der Waals surface area contributed by atoms with Crippen molar-refractivity contribution in [3.63, 3.8) is 0 Å². The van der Waals surface area contributed by atoms with Crippen LogP contribution in [-0.2, 0) is 13.1 Å². The third-order valence-electron chi connectivity index (χ3n) is 8.49. The lowest BCUT2D eigenvalue weighted by molar-refractivity contribution is -0.361. The Morgan fingerprint density at radius 2 is 1.82 bits per heavy atom. The van der Waals surface area contributed by atoms with Crippen molar-refractivity contribution in [1.82, 2.24) is 34.7 Å². The number of imidazole rings is 1. The second kappa shape index (κ2) is 8.52. The number of hydrogen-bond acceptors (Lipinski definition) is 6. The zero-order valence-electron chi connectivity index (χ0n) is 21.0. The lowest BCUT2D eigenvalue weighted by Gasteiger charge is -2.70. The molecule has 2 bridgehead atoms. The van der Waals surface area contributed by atoms with Gasteiger partial charge in [0.25, 0.3) is 0 Å². The first-order valence-electron chi connectivity index (χ1n) is 13.1. The Bertz CT molecular complexity index is 1460. The summed E-state index contributed by atoms with van der Waals surface area (Å²) in [6.07, 6.45) is 8.80. The van der Waals surface area contributed by atoms with E-state index in [4.69, 9.17) is 4.98 Å². The molecule has 0 amide bonds. The summed E-state index contributed by atoms with van der Waals surface area (Å²) in [4.78, 5) is 11.5. The molecule has 1 aliphatic heterocycles. The minimum atomic E-state index is -4.05. The van der Waals surface area contributed by atoms with Crippen molar-refractivity contribution in [3.8, 4) is 11.3 Å². The van der Waals surface area contributed by atoms with Gasteiger partial charge < -0.3 is 14.6 Å². The van der Waals surface area contributed by atoms with Crippen molar-refractivity contribution in [1.29, 1.82) is 0 Å². The Balaban J connectivity index is 0.973. The average molecular weight is 523 g/mol. The first kappa shape index (κ1) is 23.6. The van der Waals surface area contributed by atoms with Gasteiger partial charge in [-0.05, 0) is 55.2 Å². The van der Waals surface area contributed by atoms with Gasteiger partial charge in [0.1, 0.15) is 11.3 Å². The van der Waals surface area contributed by atoms with Gasteiger partial charge in [-0.15, -0.1) is 5.10 Å². The summed E-state index contributed by atoms with van der Waals surface area (Å²) in [6, 6.07) is 6.09. The van der Waals surface area contributed by atoms with Gasteiger partial charge in [-0.2, -0.15) is 13.2 Å². The first-order valence-corrected chi connectivity index (χ1v) is 13.1. The summed E-state index contributed by atoms with van der Waals surface area (Å²) in [7, 11) is 0. The SMILES string of the molecule is FC(F)(F)C12CC(CNCc3ccc4nc(Cn5cc(-c6cncc(N7CCCC7)c6)nn5)cn4c3)(C1)C2. The van der Waals surface area contributed by atoms with E-state index in [9.17, 15) is 13.2 Å². The third-order valence-corrected chi connectivity index (χ3v) is 8.49. The van der Waals surface area contributed by atoms with Gasteiger partial charge in [0.15, 0.2) is 0 Å². The molecule has 1 N–H and O–H groups in total. The van der Waals surface area contributed by atoms with Gasteiger partial charge in [-0.3, -0.25) is 4.98 Å². The second-order valence-electron chi connectivity index (χ2n) is 11.4. The highest BCUT2D eigenvalue weighted by atomic mass is 19.4. The van der Waals surface area contributed by atoms with E-state index in [1.807, 2.05) is 47.5 Å². The quantitative estimate of drug-likeness (QED) is 0.368. The van der Waals surface area contributed by atoms with E-state index in [1.54, 1.807) is 4.68 Å². The van der Waals surface area contributed by atoms with E-state index in [-0.39, 0.29) is 24.7 Å². The molecule has 0 atom stereocenters. The highest BCUT2D eigenvalue weighted by molar-refractivity contribution is 5.63. The molecule has 4 aliphatic rings. The molecular weight excluding hydrogens is 493 g/mol. The first-order chi connectivity index (χ1) is 18.3. The van der Waals surface area contributed by atoms with Crippen LogP contribution in [0.5, 0.6) is 0 Å². The van der Waals surface area contributed by atoms with Crippen molar-refractivity contribution in [3.05, 3.63) is 60.4 Å². The van der Waals surface area contributed by atoms with Crippen molar-refractivity contribution in [2.45, 2.75) is 51.4 Å². The van der Waals surface area contributed by atoms with Crippen LogP contribution in [-0.4, -0.2) is 55.2 Å². The van der Waals surface area contributed by atoms with Gasteiger partial charge in [0.2, 0.25) is 0 Å². The van der Waals surface area contributed by atoms with Crippen LogP contribution in [0.15, 0.2) is 49.2 Å². The molecule has 3 saturated carbocycles. The normalized spacial score (nSPS) is 24.6. The van der Waals surface area contributed by atoms with Crippen LogP contribution in [0.1, 0.15) is 43.4 Å². The molecule has 0 unspecified atom stereocenters. The molecule has 0 spiro atoms. The van der Waals surface area contributed by atoms with Crippen molar-refractivity contribution in [2.24, 2.45) is 10.8 Å². The number of halogens is 3. The number of alkyl halides is 3. The highest BCUT2D eigenvalue weighted by Gasteiger charge is 2.77. The van der Waals surface area contributed by atoms with E-state index >= 15 is 0 Å². The van der Waals surface area contributed by atoms with Crippen LogP contribution in [0, 0.1) is 10.8 Å². The number of aromatic nitrogens is 6. The van der Waals surface area contributed by atoms with Crippen molar-refractivity contribution >= 4 is 11.3 Å². The number of pyridine rings is 2. The van der Waals surface area contributed by atoms with Crippen molar-refractivity contribution < 1.29 is 13.2 Å². The Hall–Kier alpha value is -3.47. The molecule has 0 radical (unpaired) electrons. The molecule has 3 aliphatic carbocycles. The lowest BCUT2D eigenvalue weighted by Crippen LogP contribution is -2.70. The molecule has 4 aromatic rings. The van der Waals surface area contributed by atoms with Crippen molar-refractivity contribution in [2.75, 3.05) is 24.5 Å². The van der Waals surface area contributed by atoms with Crippen LogP contribution >= 0.6 is 0 Å². The zero-order chi connectivity index (χ0) is 26.0. The molecule has 5 heterocycles. The Morgan fingerprint density at radius 3 is 2.61 bits per heavy atom. The molecule has 0 aromatic carbocycles. The largest absolute Gasteiger partial charge is 0.394 e. The number of nitrogens with one attached hydrogen (secondary N) is 1. The van der Waals surface area contributed by atoms with E-state index in [0.717, 1.165) is 46.9 Å². The summed E-state index contributed by atoms with van der Waals surface area (Å²) in [5.41, 5.74) is 4.05. The zero-order valence-corrected chi connectivity index (χ0v) is 21.0. The molecule has 38 heavy (non-hydrogen) atoms. The van der Waals surface area contributed by atoms with Gasteiger partial charge in [-0.1, -0.05) is 11.3 Å². The fourth-order valence-corrected chi connectivity index (χ4v) is 6.62. The fourth-order valence-electron chi connectivity index (χ4n) is 6.62. The number of anilines is 1. The topological polar surface area (TPSA) is 76.2 Å². The van der Waals surface area contributed by atoms with Gasteiger partial charge in [-0.25, -0.2) is 9.67 Å². The molecule has 1 saturated heterocycles. The highest BCUT2D eigenvalue weighted by Crippen LogP contribution is 2.78. The maximum Gasteiger partial charge on any atom is 0.394 e. The molecule has 4 aromatic heterocycles. The summed E-state index contributed by atoms with van der Waals surface area (Å²) >= 11 is 0. The summed E-state index contributed by atoms with van der Waals surface area (Å²) in [6.45, 7) is 3.86. The van der Waals surface area contributed by atoms with Crippen LogP contribution in [0.2, 0.25) is 0 Å². The monoisotopic (exact) mass is 522 g/mol. The van der Waals surface area contributed by atoms with Gasteiger partial charge in [0, 0.05) is 50.3 Å². The summed E-state index contributed by atoms with van der Waals surface area (Å²) in [5, 5.41) is 12.0. The van der Waals surface area contributed by atoms with E-state index in [1.165, 1.54) is 12.8 Å². The standard InChI is InChI=1S/C27H29F3N8/c28-27(29,30)26-15-25(16-26,17-26)18-32-8-19-3-4-24-33-21(12-37(24)11-19)13-38-14-23(34-35-38)20-7-22(10-31-9-20)36-5-1-2-6-36/h3-4,7,9-12,14,32H,1-2,5-6,8,13,15-18H2. The van der Waals surface area contributed by atoms with Crippen LogP contribution in [0.4, 0.5) is 18.9 Å². The van der Waals surface area contributed by atoms with Crippen LogP contribution < -0.4 is 10.2 Å². The van der Waals surface area contributed by atoms with E-state index in [2.05, 4.69) is 31.6 Å². The maximum atomic E-state index is 13.1. The Labute approximate surface area is 217 Å². The molecule has 4 fully saturated rings. The summed E-state index contributed by atoms with van der Waals surface area (Å²) in [5.74, 6) is 0. The molecule has 198 valence electrons. The minimum Gasteiger partial charge on any atom is -0.370 e. The smallest absolute Gasteiger partial charge is 0.370 e.